The minimum absolute atomic E-state index is 0.734. The average Bonchev–Trinajstić information content (AvgIpc) is 3.11. The molecule has 0 spiro atoms. The van der Waals surface area contributed by atoms with Crippen LogP contribution < -0.4 is 5.32 Å². The molecule has 3 heterocycles. The minimum Gasteiger partial charge on any atom is -0.380 e. The van der Waals surface area contributed by atoms with Gasteiger partial charge in [0.15, 0.2) is 5.65 Å². The van der Waals surface area contributed by atoms with E-state index >= 15 is 0 Å². The fourth-order valence-corrected chi connectivity index (χ4v) is 2.43. The minimum atomic E-state index is 0.734. The van der Waals surface area contributed by atoms with Crippen LogP contribution in [0.15, 0.2) is 43.0 Å². The van der Waals surface area contributed by atoms with Crippen molar-refractivity contribution in [2.24, 2.45) is 7.05 Å². The van der Waals surface area contributed by atoms with Gasteiger partial charge in [0.2, 0.25) is 0 Å². The maximum atomic E-state index is 4.38. The van der Waals surface area contributed by atoms with E-state index in [-0.39, 0.29) is 0 Å². The third-order valence-corrected chi connectivity index (χ3v) is 3.58. The molecule has 0 amide bonds. The Bertz CT molecular complexity index is 920. The van der Waals surface area contributed by atoms with Crippen molar-refractivity contribution in [2.75, 3.05) is 5.32 Å². The quantitative estimate of drug-likeness (QED) is 0.604. The van der Waals surface area contributed by atoms with Gasteiger partial charge in [-0.05, 0) is 23.8 Å². The van der Waals surface area contributed by atoms with Gasteiger partial charge in [0.1, 0.15) is 0 Å². The smallest absolute Gasteiger partial charge is 0.155 e. The van der Waals surface area contributed by atoms with Crippen molar-refractivity contribution in [3.63, 3.8) is 0 Å². The van der Waals surface area contributed by atoms with Gasteiger partial charge in [-0.1, -0.05) is 6.07 Å². The average molecular weight is 278 g/mol. The number of fused-ring (bicyclic) bond motifs is 2. The van der Waals surface area contributed by atoms with Gasteiger partial charge in [0.05, 0.1) is 35.4 Å². The first-order valence-electron chi connectivity index (χ1n) is 6.72. The molecule has 0 saturated carbocycles. The number of rotatable bonds is 3. The second-order valence-corrected chi connectivity index (χ2v) is 5.06. The molecular formula is C15H14N6. The maximum Gasteiger partial charge on any atom is 0.155 e. The van der Waals surface area contributed by atoms with Gasteiger partial charge in [-0.2, -0.15) is 5.10 Å². The predicted molar refractivity (Wildman–Crippen MR) is 81.9 cm³/mol. The number of hydrogen-bond donors (Lipinski definition) is 2. The van der Waals surface area contributed by atoms with E-state index in [0.717, 1.165) is 34.3 Å². The van der Waals surface area contributed by atoms with Crippen molar-refractivity contribution in [3.05, 3.63) is 48.5 Å². The SMILES string of the molecule is Cn1cnc2cc(CNc3cnc4[nH]ncc4c3)ccc21. The zero-order chi connectivity index (χ0) is 14.2. The molecule has 0 saturated heterocycles. The van der Waals surface area contributed by atoms with Gasteiger partial charge in [0, 0.05) is 19.0 Å². The Morgan fingerprint density at radius 2 is 2.14 bits per heavy atom. The Balaban J connectivity index is 1.56. The second-order valence-electron chi connectivity index (χ2n) is 5.06. The topological polar surface area (TPSA) is 71.4 Å². The Kier molecular flexibility index (Phi) is 2.60. The molecule has 104 valence electrons. The highest BCUT2D eigenvalue weighted by atomic mass is 15.1. The summed E-state index contributed by atoms with van der Waals surface area (Å²) in [6.45, 7) is 0.734. The van der Waals surface area contributed by atoms with E-state index in [1.165, 1.54) is 5.56 Å². The van der Waals surface area contributed by atoms with Crippen molar-refractivity contribution in [2.45, 2.75) is 6.54 Å². The lowest BCUT2D eigenvalue weighted by Gasteiger charge is -2.06. The van der Waals surface area contributed by atoms with Crippen molar-refractivity contribution >= 4 is 27.8 Å². The third-order valence-electron chi connectivity index (χ3n) is 3.58. The standard InChI is InChI=1S/C15H14N6/c1-21-9-18-13-4-10(2-3-14(13)21)6-16-12-5-11-7-19-20-15(11)17-8-12/h2-5,7-9,16H,6H2,1H3,(H,17,19,20). The molecule has 0 aliphatic heterocycles. The van der Waals surface area contributed by atoms with Gasteiger partial charge >= 0.3 is 0 Å². The number of aromatic amines is 1. The summed E-state index contributed by atoms with van der Waals surface area (Å²) in [4.78, 5) is 8.69. The number of imidazole rings is 1. The molecule has 0 aliphatic rings. The number of anilines is 1. The molecular weight excluding hydrogens is 264 g/mol. The number of aromatic nitrogens is 5. The molecule has 3 aromatic heterocycles. The van der Waals surface area contributed by atoms with Gasteiger partial charge in [-0.15, -0.1) is 0 Å². The zero-order valence-corrected chi connectivity index (χ0v) is 11.5. The largest absolute Gasteiger partial charge is 0.380 e. The van der Waals surface area contributed by atoms with Crippen molar-refractivity contribution in [3.8, 4) is 0 Å². The van der Waals surface area contributed by atoms with E-state index < -0.39 is 0 Å². The fourth-order valence-electron chi connectivity index (χ4n) is 2.43. The zero-order valence-electron chi connectivity index (χ0n) is 11.5. The molecule has 0 bridgehead atoms. The van der Waals surface area contributed by atoms with Crippen LogP contribution in [0.4, 0.5) is 5.69 Å². The summed E-state index contributed by atoms with van der Waals surface area (Å²) < 4.78 is 2.02. The van der Waals surface area contributed by atoms with E-state index in [1.807, 2.05) is 24.0 Å². The van der Waals surface area contributed by atoms with Crippen LogP contribution in [-0.2, 0) is 13.6 Å². The number of aryl methyl sites for hydroxylation is 1. The van der Waals surface area contributed by atoms with E-state index in [9.17, 15) is 0 Å². The van der Waals surface area contributed by atoms with Gasteiger partial charge in [0.25, 0.3) is 0 Å². The summed E-state index contributed by atoms with van der Waals surface area (Å²) in [5, 5.41) is 11.2. The Labute approximate surface area is 120 Å². The van der Waals surface area contributed by atoms with Crippen LogP contribution in [0, 0.1) is 0 Å². The highest BCUT2D eigenvalue weighted by molar-refractivity contribution is 5.78. The molecule has 2 N–H and O–H groups in total. The van der Waals surface area contributed by atoms with Crippen LogP contribution >= 0.6 is 0 Å². The Morgan fingerprint density at radius 1 is 1.19 bits per heavy atom. The molecule has 6 nitrogen and oxygen atoms in total. The van der Waals surface area contributed by atoms with Crippen LogP contribution in [-0.4, -0.2) is 24.7 Å². The van der Waals surface area contributed by atoms with E-state index in [4.69, 9.17) is 0 Å². The van der Waals surface area contributed by atoms with Crippen LogP contribution in [0.1, 0.15) is 5.56 Å². The molecule has 1 aromatic carbocycles. The summed E-state index contributed by atoms with van der Waals surface area (Å²) in [7, 11) is 2.00. The highest BCUT2D eigenvalue weighted by Gasteiger charge is 2.02. The van der Waals surface area contributed by atoms with Gasteiger partial charge in [-0.25, -0.2) is 9.97 Å². The fraction of sp³-hybridized carbons (Fsp3) is 0.133. The van der Waals surface area contributed by atoms with E-state index in [0.29, 0.717) is 0 Å². The number of nitrogens with zero attached hydrogens (tertiary/aromatic N) is 4. The lowest BCUT2D eigenvalue weighted by atomic mass is 10.2. The molecule has 0 radical (unpaired) electrons. The Hall–Kier alpha value is -2.89. The first kappa shape index (κ1) is 11.9. The summed E-state index contributed by atoms with van der Waals surface area (Å²) >= 11 is 0. The van der Waals surface area contributed by atoms with Gasteiger partial charge in [-0.3, -0.25) is 5.10 Å². The lowest BCUT2D eigenvalue weighted by molar-refractivity contribution is 0.947. The number of pyridine rings is 1. The van der Waals surface area contributed by atoms with Crippen LogP contribution in [0.25, 0.3) is 22.1 Å². The first-order valence-corrected chi connectivity index (χ1v) is 6.72. The Morgan fingerprint density at radius 3 is 3.10 bits per heavy atom. The summed E-state index contributed by atoms with van der Waals surface area (Å²) in [6, 6.07) is 8.34. The molecule has 0 unspecified atom stereocenters. The number of nitrogens with one attached hydrogen (secondary N) is 2. The summed E-state index contributed by atoms with van der Waals surface area (Å²) in [6.07, 6.45) is 5.41. The van der Waals surface area contributed by atoms with Crippen molar-refractivity contribution < 1.29 is 0 Å². The van der Waals surface area contributed by atoms with Crippen LogP contribution in [0.3, 0.4) is 0 Å². The normalized spacial score (nSPS) is 11.3. The van der Waals surface area contributed by atoms with Crippen LogP contribution in [0.2, 0.25) is 0 Å². The maximum absolute atomic E-state index is 4.38. The summed E-state index contributed by atoms with van der Waals surface area (Å²) in [5.41, 5.74) is 5.12. The number of benzene rings is 1. The summed E-state index contributed by atoms with van der Waals surface area (Å²) in [5.74, 6) is 0. The molecule has 0 aliphatic carbocycles. The molecule has 6 heteroatoms. The van der Waals surface area contributed by atoms with E-state index in [1.54, 1.807) is 12.4 Å². The number of hydrogen-bond acceptors (Lipinski definition) is 4. The molecule has 4 aromatic rings. The van der Waals surface area contributed by atoms with E-state index in [2.05, 4.69) is 43.7 Å². The second kappa shape index (κ2) is 4.59. The van der Waals surface area contributed by atoms with Crippen molar-refractivity contribution in [1.82, 2.24) is 24.7 Å². The molecule has 21 heavy (non-hydrogen) atoms. The number of H-pyrrole nitrogens is 1. The predicted octanol–water partition coefficient (Wildman–Crippen LogP) is 2.46. The molecule has 4 rings (SSSR count). The third kappa shape index (κ3) is 2.10. The molecule has 0 atom stereocenters. The highest BCUT2D eigenvalue weighted by Crippen LogP contribution is 2.17. The monoisotopic (exact) mass is 278 g/mol. The first-order chi connectivity index (χ1) is 10.3. The molecule has 0 fully saturated rings. The lowest BCUT2D eigenvalue weighted by Crippen LogP contribution is -1.99. The van der Waals surface area contributed by atoms with Gasteiger partial charge < -0.3 is 9.88 Å². The van der Waals surface area contributed by atoms with Crippen LogP contribution in [0.5, 0.6) is 0 Å². The van der Waals surface area contributed by atoms with Crippen molar-refractivity contribution in [1.29, 1.82) is 0 Å².